The number of hydrogen-bond donors (Lipinski definition) is 1. The van der Waals surface area contributed by atoms with E-state index in [4.69, 9.17) is 4.74 Å². The smallest absolute Gasteiger partial charge is 0.224 e. The summed E-state index contributed by atoms with van der Waals surface area (Å²) < 4.78 is 7.63. The summed E-state index contributed by atoms with van der Waals surface area (Å²) in [6.07, 6.45) is 3.96. The molecule has 0 bridgehead atoms. The van der Waals surface area contributed by atoms with Gasteiger partial charge in [0.25, 0.3) is 0 Å². The van der Waals surface area contributed by atoms with Gasteiger partial charge in [0.05, 0.1) is 12.1 Å². The van der Waals surface area contributed by atoms with Crippen LogP contribution in [0, 0.1) is 0 Å². The molecule has 0 radical (unpaired) electrons. The van der Waals surface area contributed by atoms with Crippen LogP contribution in [-0.4, -0.2) is 15.7 Å². The molecule has 0 spiro atoms. The molecule has 1 N–H and O–H groups in total. The van der Waals surface area contributed by atoms with Gasteiger partial charge in [-0.15, -0.1) is 0 Å². The Balaban J connectivity index is 1.31. The standard InChI is InChI=1S/C24H21N3O2/c28-24(17-19-10-12-21(13-11-19)27-15-5-14-26-27)25-18-20-6-4-9-23(16-20)29-22-7-2-1-3-8-22/h1-16H,17-18H2,(H,25,28). The average Bonchev–Trinajstić information content (AvgIpc) is 3.29. The summed E-state index contributed by atoms with van der Waals surface area (Å²) in [7, 11) is 0. The highest BCUT2D eigenvalue weighted by Gasteiger charge is 2.05. The summed E-state index contributed by atoms with van der Waals surface area (Å²) in [6, 6.07) is 27.1. The minimum atomic E-state index is -0.0220. The maximum atomic E-state index is 12.3. The molecule has 1 amide bonds. The Morgan fingerprint density at radius 2 is 1.66 bits per heavy atom. The van der Waals surface area contributed by atoms with E-state index >= 15 is 0 Å². The van der Waals surface area contributed by atoms with Gasteiger partial charge in [0.2, 0.25) is 5.91 Å². The molecule has 0 saturated heterocycles. The van der Waals surface area contributed by atoms with Gasteiger partial charge in [0.15, 0.2) is 0 Å². The van der Waals surface area contributed by atoms with Crippen LogP contribution in [0.25, 0.3) is 5.69 Å². The highest BCUT2D eigenvalue weighted by molar-refractivity contribution is 5.78. The molecule has 4 rings (SSSR count). The largest absolute Gasteiger partial charge is 0.457 e. The van der Waals surface area contributed by atoms with Crippen LogP contribution >= 0.6 is 0 Å². The van der Waals surface area contributed by atoms with Crippen LogP contribution in [-0.2, 0) is 17.8 Å². The molecule has 3 aromatic carbocycles. The van der Waals surface area contributed by atoms with E-state index in [-0.39, 0.29) is 5.91 Å². The molecular weight excluding hydrogens is 362 g/mol. The summed E-state index contributed by atoms with van der Waals surface area (Å²) in [5.41, 5.74) is 2.91. The van der Waals surface area contributed by atoms with Crippen molar-refractivity contribution in [3.05, 3.63) is 108 Å². The first kappa shape index (κ1) is 18.5. The van der Waals surface area contributed by atoms with Gasteiger partial charge in [-0.3, -0.25) is 4.79 Å². The first-order valence-electron chi connectivity index (χ1n) is 9.44. The number of carbonyl (C=O) groups excluding carboxylic acids is 1. The zero-order valence-corrected chi connectivity index (χ0v) is 15.9. The van der Waals surface area contributed by atoms with Crippen LogP contribution in [0.1, 0.15) is 11.1 Å². The van der Waals surface area contributed by atoms with Crippen LogP contribution < -0.4 is 10.1 Å². The van der Waals surface area contributed by atoms with Gasteiger partial charge in [-0.25, -0.2) is 4.68 Å². The fourth-order valence-corrected chi connectivity index (χ4v) is 2.98. The number of amides is 1. The van der Waals surface area contributed by atoms with E-state index in [9.17, 15) is 4.79 Å². The van der Waals surface area contributed by atoms with Crippen LogP contribution in [0.4, 0.5) is 0 Å². The lowest BCUT2D eigenvalue weighted by Gasteiger charge is -2.09. The number of ether oxygens (including phenoxy) is 1. The SMILES string of the molecule is O=C(Cc1ccc(-n2cccn2)cc1)NCc1cccc(Oc2ccccc2)c1. The molecule has 0 saturated carbocycles. The minimum absolute atomic E-state index is 0.0220. The highest BCUT2D eigenvalue weighted by atomic mass is 16.5. The number of rotatable bonds is 7. The molecule has 0 aliphatic carbocycles. The summed E-state index contributed by atoms with van der Waals surface area (Å²) in [4.78, 5) is 12.3. The second-order valence-corrected chi connectivity index (χ2v) is 6.63. The average molecular weight is 383 g/mol. The van der Waals surface area contributed by atoms with Crippen LogP contribution in [0.2, 0.25) is 0 Å². The number of carbonyl (C=O) groups is 1. The molecular formula is C24H21N3O2. The predicted octanol–water partition coefficient (Wildman–Crippen LogP) is 4.52. The molecule has 29 heavy (non-hydrogen) atoms. The Morgan fingerprint density at radius 1 is 0.862 bits per heavy atom. The number of nitrogens with zero attached hydrogens (tertiary/aromatic N) is 2. The van der Waals surface area contributed by atoms with Crippen LogP contribution in [0.3, 0.4) is 0 Å². The van der Waals surface area contributed by atoms with Gasteiger partial charge in [-0.1, -0.05) is 42.5 Å². The Morgan fingerprint density at radius 3 is 2.41 bits per heavy atom. The Labute approximate surface area is 169 Å². The van der Waals surface area contributed by atoms with E-state index in [0.717, 1.165) is 28.3 Å². The maximum Gasteiger partial charge on any atom is 0.224 e. The molecule has 5 heteroatoms. The van der Waals surface area contributed by atoms with Crippen molar-refractivity contribution in [2.24, 2.45) is 0 Å². The quantitative estimate of drug-likeness (QED) is 0.510. The molecule has 0 atom stereocenters. The van der Waals surface area contributed by atoms with E-state index in [2.05, 4.69) is 10.4 Å². The van der Waals surface area contributed by atoms with Crippen LogP contribution in [0.5, 0.6) is 11.5 Å². The Hall–Kier alpha value is -3.86. The lowest BCUT2D eigenvalue weighted by atomic mass is 10.1. The minimum Gasteiger partial charge on any atom is -0.457 e. The third kappa shape index (κ3) is 5.11. The first-order chi connectivity index (χ1) is 14.3. The van der Waals surface area contributed by atoms with E-state index in [0.29, 0.717) is 13.0 Å². The third-order valence-corrected chi connectivity index (χ3v) is 4.44. The van der Waals surface area contributed by atoms with E-state index in [1.807, 2.05) is 91.1 Å². The number of hydrogen-bond acceptors (Lipinski definition) is 3. The molecule has 0 aliphatic heterocycles. The van der Waals surface area contributed by atoms with Gasteiger partial charge in [0, 0.05) is 18.9 Å². The summed E-state index contributed by atoms with van der Waals surface area (Å²) in [6.45, 7) is 0.455. The number of nitrogens with one attached hydrogen (secondary N) is 1. The van der Waals surface area contributed by atoms with Crippen molar-refractivity contribution in [1.29, 1.82) is 0 Å². The van der Waals surface area contributed by atoms with Gasteiger partial charge in [0.1, 0.15) is 11.5 Å². The van der Waals surface area contributed by atoms with Crippen molar-refractivity contribution < 1.29 is 9.53 Å². The molecule has 0 aliphatic rings. The first-order valence-corrected chi connectivity index (χ1v) is 9.44. The molecule has 0 fully saturated rings. The van der Waals surface area contributed by atoms with E-state index < -0.39 is 0 Å². The second-order valence-electron chi connectivity index (χ2n) is 6.63. The van der Waals surface area contributed by atoms with Crippen molar-refractivity contribution in [3.8, 4) is 17.2 Å². The number of para-hydroxylation sites is 1. The Kier molecular flexibility index (Phi) is 5.67. The molecule has 0 unspecified atom stereocenters. The van der Waals surface area contributed by atoms with Crippen molar-refractivity contribution >= 4 is 5.91 Å². The molecule has 4 aromatic rings. The van der Waals surface area contributed by atoms with Crippen molar-refractivity contribution in [3.63, 3.8) is 0 Å². The molecule has 1 heterocycles. The zero-order valence-electron chi connectivity index (χ0n) is 15.9. The Bertz CT molecular complexity index is 1060. The van der Waals surface area contributed by atoms with Gasteiger partial charge < -0.3 is 10.1 Å². The van der Waals surface area contributed by atoms with E-state index in [1.54, 1.807) is 10.9 Å². The summed E-state index contributed by atoms with van der Waals surface area (Å²) in [5.74, 6) is 1.51. The predicted molar refractivity (Wildman–Crippen MR) is 112 cm³/mol. The van der Waals surface area contributed by atoms with Crippen LogP contribution in [0.15, 0.2) is 97.3 Å². The van der Waals surface area contributed by atoms with E-state index in [1.165, 1.54) is 0 Å². The van der Waals surface area contributed by atoms with Gasteiger partial charge >= 0.3 is 0 Å². The fourth-order valence-electron chi connectivity index (χ4n) is 2.98. The fraction of sp³-hybridized carbons (Fsp3) is 0.0833. The molecule has 5 nitrogen and oxygen atoms in total. The maximum absolute atomic E-state index is 12.3. The van der Waals surface area contributed by atoms with Crippen molar-refractivity contribution in [2.75, 3.05) is 0 Å². The van der Waals surface area contributed by atoms with Gasteiger partial charge in [-0.2, -0.15) is 5.10 Å². The molecule has 1 aromatic heterocycles. The lowest BCUT2D eigenvalue weighted by Crippen LogP contribution is -2.24. The second kappa shape index (κ2) is 8.89. The third-order valence-electron chi connectivity index (χ3n) is 4.44. The number of benzene rings is 3. The topological polar surface area (TPSA) is 56.2 Å². The normalized spacial score (nSPS) is 10.5. The zero-order chi connectivity index (χ0) is 19.9. The van der Waals surface area contributed by atoms with Crippen molar-refractivity contribution in [1.82, 2.24) is 15.1 Å². The highest BCUT2D eigenvalue weighted by Crippen LogP contribution is 2.21. The van der Waals surface area contributed by atoms with Gasteiger partial charge in [-0.05, 0) is 53.6 Å². The summed E-state index contributed by atoms with van der Waals surface area (Å²) in [5, 5.41) is 7.17. The van der Waals surface area contributed by atoms with Crippen molar-refractivity contribution in [2.45, 2.75) is 13.0 Å². The number of aromatic nitrogens is 2. The summed E-state index contributed by atoms with van der Waals surface area (Å²) >= 11 is 0. The lowest BCUT2D eigenvalue weighted by molar-refractivity contribution is -0.120. The monoisotopic (exact) mass is 383 g/mol. The molecule has 144 valence electrons.